The van der Waals surface area contributed by atoms with Crippen LogP contribution in [0.1, 0.15) is 16.1 Å². The highest BCUT2D eigenvalue weighted by molar-refractivity contribution is 6.04. The predicted octanol–water partition coefficient (Wildman–Crippen LogP) is 3.37. The highest BCUT2D eigenvalue weighted by atomic mass is 16.1. The monoisotopic (exact) mass is 357 g/mol. The number of rotatable bonds is 3. The highest BCUT2D eigenvalue weighted by Gasteiger charge is 2.17. The smallest absolute Gasteiger partial charge is 0.269 e. The molecule has 0 spiro atoms. The van der Waals surface area contributed by atoms with Crippen LogP contribution in [0.2, 0.25) is 0 Å². The van der Waals surface area contributed by atoms with Gasteiger partial charge in [0.2, 0.25) is 0 Å². The fourth-order valence-electron chi connectivity index (χ4n) is 3.43. The predicted molar refractivity (Wildman–Crippen MR) is 105 cm³/mol. The molecule has 4 aromatic rings. The van der Waals surface area contributed by atoms with E-state index in [0.29, 0.717) is 5.69 Å². The lowest BCUT2D eigenvalue weighted by molar-refractivity contribution is 0.0958. The molecule has 4 rings (SSSR count). The first kappa shape index (κ1) is 16.9. The number of aromatic nitrogens is 4. The minimum Gasteiger partial charge on any atom is -0.354 e. The van der Waals surface area contributed by atoms with Crippen molar-refractivity contribution in [3.8, 4) is 22.4 Å². The van der Waals surface area contributed by atoms with E-state index in [9.17, 15) is 4.79 Å². The SMILES string of the molecule is CNC(=O)c1cc(-c2ccnn2C)c2c(C)c(-c3ccncc3)ccc2n1. The Morgan fingerprint density at radius 1 is 1.04 bits per heavy atom. The number of benzene rings is 1. The first-order valence-electron chi connectivity index (χ1n) is 8.65. The average molecular weight is 357 g/mol. The molecule has 1 N–H and O–H groups in total. The third-order valence-corrected chi connectivity index (χ3v) is 4.78. The lowest BCUT2D eigenvalue weighted by Gasteiger charge is -2.15. The zero-order valence-electron chi connectivity index (χ0n) is 15.4. The Balaban J connectivity index is 2.07. The molecular weight excluding hydrogens is 338 g/mol. The van der Waals surface area contributed by atoms with Crippen molar-refractivity contribution in [1.29, 1.82) is 0 Å². The van der Waals surface area contributed by atoms with Gasteiger partial charge in [0, 0.05) is 43.6 Å². The number of hydrogen-bond donors (Lipinski definition) is 1. The molecule has 0 unspecified atom stereocenters. The van der Waals surface area contributed by atoms with Crippen molar-refractivity contribution < 1.29 is 4.79 Å². The second kappa shape index (κ2) is 6.64. The van der Waals surface area contributed by atoms with E-state index < -0.39 is 0 Å². The number of pyridine rings is 2. The number of fused-ring (bicyclic) bond motifs is 1. The van der Waals surface area contributed by atoms with Crippen LogP contribution in [0.15, 0.2) is 55.0 Å². The van der Waals surface area contributed by atoms with Gasteiger partial charge in [-0.15, -0.1) is 0 Å². The Hall–Kier alpha value is -3.54. The standard InChI is InChI=1S/C21H19N5O/c1-13-15(14-6-9-23-10-7-14)4-5-17-20(13)16(19-8-11-24-26(19)3)12-18(25-17)21(27)22-2/h4-12H,1-3H3,(H,22,27). The summed E-state index contributed by atoms with van der Waals surface area (Å²) in [6.45, 7) is 2.08. The molecule has 0 aliphatic heterocycles. The molecule has 3 aromatic heterocycles. The molecule has 0 fully saturated rings. The number of amides is 1. The Kier molecular flexibility index (Phi) is 4.16. The molecule has 27 heavy (non-hydrogen) atoms. The van der Waals surface area contributed by atoms with Crippen LogP contribution in [0.3, 0.4) is 0 Å². The van der Waals surface area contributed by atoms with Gasteiger partial charge < -0.3 is 5.32 Å². The van der Waals surface area contributed by atoms with Crippen LogP contribution in [0.5, 0.6) is 0 Å². The van der Waals surface area contributed by atoms with Gasteiger partial charge >= 0.3 is 0 Å². The minimum absolute atomic E-state index is 0.212. The van der Waals surface area contributed by atoms with Crippen LogP contribution >= 0.6 is 0 Å². The summed E-state index contributed by atoms with van der Waals surface area (Å²) in [6, 6.07) is 11.8. The van der Waals surface area contributed by atoms with E-state index in [1.807, 2.05) is 43.4 Å². The van der Waals surface area contributed by atoms with Crippen LogP contribution in [-0.4, -0.2) is 32.7 Å². The highest BCUT2D eigenvalue weighted by Crippen LogP contribution is 2.35. The van der Waals surface area contributed by atoms with Gasteiger partial charge in [-0.3, -0.25) is 14.5 Å². The Bertz CT molecular complexity index is 1150. The number of carbonyl (C=O) groups excluding carboxylic acids is 1. The van der Waals surface area contributed by atoms with Crippen molar-refractivity contribution in [2.24, 2.45) is 7.05 Å². The van der Waals surface area contributed by atoms with Crippen LogP contribution in [0, 0.1) is 6.92 Å². The van der Waals surface area contributed by atoms with Crippen molar-refractivity contribution in [3.05, 3.63) is 66.2 Å². The lowest BCUT2D eigenvalue weighted by atomic mass is 9.93. The van der Waals surface area contributed by atoms with E-state index in [1.54, 1.807) is 30.3 Å². The summed E-state index contributed by atoms with van der Waals surface area (Å²) >= 11 is 0. The van der Waals surface area contributed by atoms with E-state index in [2.05, 4.69) is 27.3 Å². The molecule has 134 valence electrons. The molecule has 3 heterocycles. The first-order valence-corrected chi connectivity index (χ1v) is 8.65. The molecule has 0 bridgehead atoms. The van der Waals surface area contributed by atoms with Crippen LogP contribution in [0.4, 0.5) is 0 Å². The van der Waals surface area contributed by atoms with Gasteiger partial charge in [-0.2, -0.15) is 5.10 Å². The van der Waals surface area contributed by atoms with E-state index in [-0.39, 0.29) is 5.91 Å². The Labute approximate surface area is 156 Å². The molecule has 6 nitrogen and oxygen atoms in total. The van der Waals surface area contributed by atoms with Gasteiger partial charge in [0.05, 0.1) is 11.2 Å². The fraction of sp³-hybridized carbons (Fsp3) is 0.143. The maximum Gasteiger partial charge on any atom is 0.269 e. The van der Waals surface area contributed by atoms with Crippen molar-refractivity contribution in [2.75, 3.05) is 7.05 Å². The lowest BCUT2D eigenvalue weighted by Crippen LogP contribution is -2.19. The molecule has 0 saturated carbocycles. The third kappa shape index (κ3) is 2.85. The Morgan fingerprint density at radius 2 is 1.81 bits per heavy atom. The van der Waals surface area contributed by atoms with E-state index in [0.717, 1.165) is 38.9 Å². The normalized spacial score (nSPS) is 10.9. The van der Waals surface area contributed by atoms with E-state index in [4.69, 9.17) is 0 Å². The largest absolute Gasteiger partial charge is 0.354 e. The number of nitrogens with zero attached hydrogens (tertiary/aromatic N) is 4. The molecule has 6 heteroatoms. The molecule has 1 aromatic carbocycles. The van der Waals surface area contributed by atoms with E-state index >= 15 is 0 Å². The van der Waals surface area contributed by atoms with Gasteiger partial charge in [0.25, 0.3) is 5.91 Å². The first-order chi connectivity index (χ1) is 13.1. The molecule has 0 atom stereocenters. The summed E-state index contributed by atoms with van der Waals surface area (Å²) in [6.07, 6.45) is 5.32. The molecular formula is C21H19N5O. The molecule has 0 radical (unpaired) electrons. The van der Waals surface area contributed by atoms with Crippen LogP contribution in [-0.2, 0) is 7.05 Å². The maximum atomic E-state index is 12.2. The molecule has 0 saturated heterocycles. The van der Waals surface area contributed by atoms with Gasteiger partial charge in [-0.25, -0.2) is 4.98 Å². The van der Waals surface area contributed by atoms with Crippen molar-refractivity contribution in [2.45, 2.75) is 6.92 Å². The van der Waals surface area contributed by atoms with Gasteiger partial charge in [-0.05, 0) is 53.9 Å². The topological polar surface area (TPSA) is 72.7 Å². The summed E-state index contributed by atoms with van der Waals surface area (Å²) < 4.78 is 1.81. The summed E-state index contributed by atoms with van der Waals surface area (Å²) in [5, 5.41) is 7.96. The second-order valence-corrected chi connectivity index (χ2v) is 6.34. The third-order valence-electron chi connectivity index (χ3n) is 4.78. The zero-order chi connectivity index (χ0) is 19.0. The molecule has 0 aliphatic rings. The van der Waals surface area contributed by atoms with Gasteiger partial charge in [0.1, 0.15) is 5.69 Å². The van der Waals surface area contributed by atoms with Crippen LogP contribution < -0.4 is 5.32 Å². The fourth-order valence-corrected chi connectivity index (χ4v) is 3.43. The minimum atomic E-state index is -0.212. The zero-order valence-corrected chi connectivity index (χ0v) is 15.4. The summed E-state index contributed by atoms with van der Waals surface area (Å²) in [4.78, 5) is 20.9. The quantitative estimate of drug-likeness (QED) is 0.610. The molecule has 0 aliphatic carbocycles. The molecule has 1 amide bonds. The Morgan fingerprint density at radius 3 is 2.48 bits per heavy atom. The summed E-state index contributed by atoms with van der Waals surface area (Å²) in [5.41, 5.74) is 6.35. The maximum absolute atomic E-state index is 12.2. The average Bonchev–Trinajstić information content (AvgIpc) is 3.13. The summed E-state index contributed by atoms with van der Waals surface area (Å²) in [7, 11) is 3.50. The van der Waals surface area contributed by atoms with Gasteiger partial charge in [0.15, 0.2) is 0 Å². The van der Waals surface area contributed by atoms with Crippen molar-refractivity contribution in [1.82, 2.24) is 25.1 Å². The number of nitrogens with one attached hydrogen (secondary N) is 1. The van der Waals surface area contributed by atoms with Crippen LogP contribution in [0.25, 0.3) is 33.3 Å². The van der Waals surface area contributed by atoms with Crippen molar-refractivity contribution in [3.63, 3.8) is 0 Å². The van der Waals surface area contributed by atoms with Gasteiger partial charge in [-0.1, -0.05) is 6.07 Å². The number of carbonyl (C=O) groups is 1. The van der Waals surface area contributed by atoms with Crippen molar-refractivity contribution >= 4 is 16.8 Å². The number of hydrogen-bond acceptors (Lipinski definition) is 4. The second-order valence-electron chi connectivity index (χ2n) is 6.34. The summed E-state index contributed by atoms with van der Waals surface area (Å²) in [5.74, 6) is -0.212. The van der Waals surface area contributed by atoms with E-state index in [1.165, 1.54) is 0 Å². The number of aryl methyl sites for hydroxylation is 2.